The second-order valence-corrected chi connectivity index (χ2v) is 3.25. The van der Waals surface area contributed by atoms with Crippen molar-refractivity contribution in [3.63, 3.8) is 0 Å². The molecule has 0 unspecified atom stereocenters. The highest BCUT2D eigenvalue weighted by molar-refractivity contribution is 5.77. The lowest BCUT2D eigenvalue weighted by atomic mass is 10.2. The average molecular weight is 216 g/mol. The smallest absolute Gasteiger partial charge is 0.240 e. The molecule has 0 saturated carbocycles. The molecule has 3 aromatic rings. The molecule has 0 amide bonds. The van der Waals surface area contributed by atoms with Crippen LogP contribution < -0.4 is 5.73 Å². The number of fused-ring (bicyclic) bond motifs is 1. The Morgan fingerprint density at radius 3 is 3.06 bits per heavy atom. The van der Waals surface area contributed by atoms with E-state index in [1.54, 1.807) is 0 Å². The number of aromatic nitrogens is 3. The van der Waals surface area contributed by atoms with E-state index in [-0.39, 0.29) is 6.54 Å². The Hall–Kier alpha value is -2.21. The molecule has 0 spiro atoms. The van der Waals surface area contributed by atoms with Gasteiger partial charge in [-0.25, -0.2) is 4.98 Å². The maximum atomic E-state index is 5.39. The lowest BCUT2D eigenvalue weighted by Gasteiger charge is -1.92. The monoisotopic (exact) mass is 216 g/mol. The van der Waals surface area contributed by atoms with Crippen molar-refractivity contribution in [1.82, 2.24) is 15.1 Å². The van der Waals surface area contributed by atoms with Gasteiger partial charge in [-0.2, -0.15) is 4.98 Å². The van der Waals surface area contributed by atoms with Crippen LogP contribution in [0.25, 0.3) is 22.5 Å². The van der Waals surface area contributed by atoms with E-state index in [2.05, 4.69) is 15.1 Å². The van der Waals surface area contributed by atoms with Gasteiger partial charge in [0.05, 0.1) is 6.54 Å². The van der Waals surface area contributed by atoms with Crippen molar-refractivity contribution in [1.29, 1.82) is 0 Å². The summed E-state index contributed by atoms with van der Waals surface area (Å²) in [6.07, 6.45) is 1.40. The predicted molar refractivity (Wildman–Crippen MR) is 55.2 cm³/mol. The van der Waals surface area contributed by atoms with Gasteiger partial charge in [-0.3, -0.25) is 0 Å². The van der Waals surface area contributed by atoms with Gasteiger partial charge in [-0.05, 0) is 18.2 Å². The molecule has 80 valence electrons. The first-order valence-electron chi connectivity index (χ1n) is 4.73. The van der Waals surface area contributed by atoms with Gasteiger partial charge >= 0.3 is 0 Å². The number of rotatable bonds is 2. The summed E-state index contributed by atoms with van der Waals surface area (Å²) in [7, 11) is 0. The van der Waals surface area contributed by atoms with Gasteiger partial charge in [0.1, 0.15) is 5.52 Å². The van der Waals surface area contributed by atoms with Gasteiger partial charge in [0.2, 0.25) is 11.7 Å². The number of nitrogens with zero attached hydrogens (tertiary/aromatic N) is 3. The molecule has 0 fully saturated rings. The topological polar surface area (TPSA) is 91.0 Å². The SMILES string of the molecule is NCc1nc(-c2ccc3ncoc3c2)no1. The normalized spacial score (nSPS) is 11.1. The fourth-order valence-electron chi connectivity index (χ4n) is 1.45. The van der Waals surface area contributed by atoms with Gasteiger partial charge in [0.25, 0.3) is 0 Å². The van der Waals surface area contributed by atoms with E-state index in [4.69, 9.17) is 14.7 Å². The van der Waals surface area contributed by atoms with Crippen LogP contribution in [0.5, 0.6) is 0 Å². The molecule has 0 bridgehead atoms. The maximum Gasteiger partial charge on any atom is 0.240 e. The molecule has 2 heterocycles. The summed E-state index contributed by atoms with van der Waals surface area (Å²) >= 11 is 0. The second-order valence-electron chi connectivity index (χ2n) is 3.25. The third-order valence-electron chi connectivity index (χ3n) is 2.23. The van der Waals surface area contributed by atoms with Crippen LogP contribution in [0.4, 0.5) is 0 Å². The Bertz CT molecular complexity index is 628. The molecular weight excluding hydrogens is 208 g/mol. The van der Waals surface area contributed by atoms with Crippen molar-refractivity contribution >= 4 is 11.1 Å². The van der Waals surface area contributed by atoms with Crippen LogP contribution in [-0.2, 0) is 6.54 Å². The van der Waals surface area contributed by atoms with Crippen molar-refractivity contribution in [3.8, 4) is 11.4 Å². The quantitative estimate of drug-likeness (QED) is 0.694. The van der Waals surface area contributed by atoms with Crippen molar-refractivity contribution in [2.75, 3.05) is 0 Å². The van der Waals surface area contributed by atoms with Crippen LogP contribution >= 0.6 is 0 Å². The van der Waals surface area contributed by atoms with Crippen LogP contribution in [0, 0.1) is 0 Å². The molecule has 0 aliphatic rings. The Morgan fingerprint density at radius 1 is 1.31 bits per heavy atom. The van der Waals surface area contributed by atoms with Crippen molar-refractivity contribution < 1.29 is 8.94 Å². The minimum Gasteiger partial charge on any atom is -0.443 e. The number of hydrogen-bond donors (Lipinski definition) is 1. The van der Waals surface area contributed by atoms with E-state index < -0.39 is 0 Å². The summed E-state index contributed by atoms with van der Waals surface area (Å²) < 4.78 is 10.1. The summed E-state index contributed by atoms with van der Waals surface area (Å²) in [5.74, 6) is 0.909. The highest BCUT2D eigenvalue weighted by Crippen LogP contribution is 2.21. The molecular formula is C10H8N4O2. The number of benzene rings is 1. The van der Waals surface area contributed by atoms with E-state index in [0.29, 0.717) is 17.3 Å². The molecule has 0 aliphatic carbocycles. The van der Waals surface area contributed by atoms with E-state index in [1.807, 2.05) is 18.2 Å². The van der Waals surface area contributed by atoms with Gasteiger partial charge < -0.3 is 14.7 Å². The van der Waals surface area contributed by atoms with E-state index in [9.17, 15) is 0 Å². The zero-order valence-electron chi connectivity index (χ0n) is 8.25. The lowest BCUT2D eigenvalue weighted by molar-refractivity contribution is 0.380. The Morgan fingerprint density at radius 2 is 2.25 bits per heavy atom. The van der Waals surface area contributed by atoms with Gasteiger partial charge in [0.15, 0.2) is 12.0 Å². The largest absolute Gasteiger partial charge is 0.443 e. The summed E-state index contributed by atoms with van der Waals surface area (Å²) in [5.41, 5.74) is 7.69. The highest BCUT2D eigenvalue weighted by atomic mass is 16.5. The van der Waals surface area contributed by atoms with Crippen LogP contribution in [0.15, 0.2) is 33.5 Å². The predicted octanol–water partition coefficient (Wildman–Crippen LogP) is 1.34. The van der Waals surface area contributed by atoms with E-state index in [1.165, 1.54) is 6.39 Å². The van der Waals surface area contributed by atoms with Crippen molar-refractivity contribution in [2.45, 2.75) is 6.54 Å². The number of nitrogens with two attached hydrogens (primary N) is 1. The minimum atomic E-state index is 0.234. The molecule has 0 atom stereocenters. The molecule has 6 heteroatoms. The average Bonchev–Trinajstić information content (AvgIpc) is 2.96. The lowest BCUT2D eigenvalue weighted by Crippen LogP contribution is -1.95. The first-order chi connectivity index (χ1) is 7.86. The van der Waals surface area contributed by atoms with Crippen molar-refractivity contribution in [3.05, 3.63) is 30.5 Å². The molecule has 1 aromatic carbocycles. The number of hydrogen-bond acceptors (Lipinski definition) is 6. The molecule has 2 aromatic heterocycles. The van der Waals surface area contributed by atoms with Gasteiger partial charge in [0, 0.05) is 5.56 Å². The highest BCUT2D eigenvalue weighted by Gasteiger charge is 2.09. The second kappa shape index (κ2) is 3.42. The Kier molecular flexibility index (Phi) is 1.94. The summed E-state index contributed by atoms with van der Waals surface area (Å²) in [4.78, 5) is 8.15. The molecule has 16 heavy (non-hydrogen) atoms. The maximum absolute atomic E-state index is 5.39. The first-order valence-corrected chi connectivity index (χ1v) is 4.73. The summed E-state index contributed by atoms with van der Waals surface area (Å²) in [6, 6.07) is 5.51. The number of oxazole rings is 1. The zero-order valence-corrected chi connectivity index (χ0v) is 8.25. The Labute approximate surface area is 90.1 Å². The third kappa shape index (κ3) is 1.36. The third-order valence-corrected chi connectivity index (χ3v) is 2.23. The molecule has 0 saturated heterocycles. The zero-order chi connectivity index (χ0) is 11.0. The van der Waals surface area contributed by atoms with E-state index in [0.717, 1.165) is 11.1 Å². The molecule has 0 radical (unpaired) electrons. The van der Waals surface area contributed by atoms with Crippen LogP contribution in [0.1, 0.15) is 5.89 Å². The molecule has 6 nitrogen and oxygen atoms in total. The fraction of sp³-hybridized carbons (Fsp3) is 0.100. The van der Waals surface area contributed by atoms with Crippen LogP contribution in [0.3, 0.4) is 0 Å². The summed E-state index contributed by atoms with van der Waals surface area (Å²) in [5, 5.41) is 3.82. The standard InChI is InChI=1S/C10H8N4O2/c11-4-9-13-10(14-16-9)6-1-2-7-8(3-6)15-5-12-7/h1-3,5H,4,11H2. The minimum absolute atomic E-state index is 0.234. The van der Waals surface area contributed by atoms with E-state index >= 15 is 0 Å². The first kappa shape index (κ1) is 9.05. The fourth-order valence-corrected chi connectivity index (χ4v) is 1.45. The van der Waals surface area contributed by atoms with Crippen molar-refractivity contribution in [2.24, 2.45) is 5.73 Å². The molecule has 0 aliphatic heterocycles. The molecule has 2 N–H and O–H groups in total. The van der Waals surface area contributed by atoms with Crippen LogP contribution in [-0.4, -0.2) is 15.1 Å². The molecule has 3 rings (SSSR count). The summed E-state index contributed by atoms with van der Waals surface area (Å²) in [6.45, 7) is 0.234. The van der Waals surface area contributed by atoms with Crippen LogP contribution in [0.2, 0.25) is 0 Å². The van der Waals surface area contributed by atoms with Gasteiger partial charge in [-0.1, -0.05) is 5.16 Å². The van der Waals surface area contributed by atoms with Gasteiger partial charge in [-0.15, -0.1) is 0 Å². The Balaban J connectivity index is 2.10.